The number of likely N-dealkylation sites (tertiary alicyclic amines) is 1. The fourth-order valence-corrected chi connectivity index (χ4v) is 5.12. The predicted octanol–water partition coefficient (Wildman–Crippen LogP) is 7.35. The normalized spacial score (nSPS) is 15.8. The molecule has 1 N–H and O–H groups in total. The Labute approximate surface area is 229 Å². The Balaban J connectivity index is 1.76. The zero-order chi connectivity index (χ0) is 27.0. The molecule has 0 bridgehead atoms. The Morgan fingerprint density at radius 1 is 1.22 bits per heavy atom. The zero-order valence-corrected chi connectivity index (χ0v) is 23.7. The Hall–Kier alpha value is -2.24. The number of hydrogen-bond acceptors (Lipinski definition) is 4. The number of piperidine rings is 1. The third-order valence-corrected chi connectivity index (χ3v) is 7.57. The van der Waals surface area contributed by atoms with E-state index < -0.39 is 0 Å². The first kappa shape index (κ1) is 31.0. The highest BCUT2D eigenvalue weighted by molar-refractivity contribution is 6.39. The maximum Gasteiger partial charge on any atom is 0.127 e. The first-order chi connectivity index (χ1) is 17.8. The second-order valence-electron chi connectivity index (χ2n) is 10.3. The van der Waals surface area contributed by atoms with Gasteiger partial charge in [0.25, 0.3) is 0 Å². The van der Waals surface area contributed by atoms with Crippen molar-refractivity contribution in [3.63, 3.8) is 0 Å². The molecule has 1 aliphatic heterocycles. The van der Waals surface area contributed by atoms with E-state index >= 15 is 0 Å². The second-order valence-corrected chi connectivity index (χ2v) is 10.7. The topological polar surface area (TPSA) is 40.0 Å². The summed E-state index contributed by atoms with van der Waals surface area (Å²) in [6.07, 6.45) is 12.3. The lowest BCUT2D eigenvalue weighted by Crippen LogP contribution is -2.33. The number of nitrogens with zero attached hydrogens (tertiary/aromatic N) is 3. The standard InChI is InChI=1S/C31H46ClFN4/c1-24(2)28-14-18-37(19-15-28)25(3)20-29-11-10-27(21-31(29)33)9-7-6-8-26(12-16-34-4)13-17-36-23-30(32)22-35-5/h10-11,21-23,26,28,34H,1,3,5-9,12-20H2,2,4H3/b30-22+,36-23-. The summed E-state index contributed by atoms with van der Waals surface area (Å²) in [5.41, 5.74) is 4.09. The second kappa shape index (κ2) is 17.3. The molecule has 0 spiro atoms. The fraction of sp³-hybridized carbons (Fsp3) is 0.548. The Morgan fingerprint density at radius 3 is 2.62 bits per heavy atom. The molecule has 1 unspecified atom stereocenters. The lowest BCUT2D eigenvalue weighted by molar-refractivity contribution is 0.242. The average molecular weight is 529 g/mol. The van der Waals surface area contributed by atoms with Gasteiger partial charge in [0.1, 0.15) is 5.82 Å². The molecule has 0 amide bonds. The van der Waals surface area contributed by atoms with Gasteiger partial charge in [0.05, 0.1) is 5.03 Å². The highest BCUT2D eigenvalue weighted by Crippen LogP contribution is 2.26. The number of rotatable bonds is 17. The van der Waals surface area contributed by atoms with Gasteiger partial charge in [0, 0.05) is 44.2 Å². The van der Waals surface area contributed by atoms with E-state index in [1.54, 1.807) is 12.3 Å². The first-order valence-corrected chi connectivity index (χ1v) is 14.0. The van der Waals surface area contributed by atoms with Crippen molar-refractivity contribution in [1.82, 2.24) is 10.2 Å². The van der Waals surface area contributed by atoms with Gasteiger partial charge in [0.15, 0.2) is 0 Å². The van der Waals surface area contributed by atoms with Gasteiger partial charge in [-0.1, -0.05) is 55.3 Å². The molecule has 1 aliphatic rings. The van der Waals surface area contributed by atoms with Crippen LogP contribution < -0.4 is 5.32 Å². The Morgan fingerprint density at radius 2 is 1.97 bits per heavy atom. The molecule has 0 aliphatic carbocycles. The molecule has 1 heterocycles. The minimum Gasteiger partial charge on any atom is -0.375 e. The average Bonchev–Trinajstić information content (AvgIpc) is 2.88. The van der Waals surface area contributed by atoms with E-state index in [1.807, 2.05) is 13.1 Å². The summed E-state index contributed by atoms with van der Waals surface area (Å²) in [6.45, 7) is 17.6. The number of halogens is 2. The van der Waals surface area contributed by atoms with Gasteiger partial charge in [-0.15, -0.1) is 0 Å². The van der Waals surface area contributed by atoms with Gasteiger partial charge in [-0.25, -0.2) is 4.39 Å². The van der Waals surface area contributed by atoms with Crippen molar-refractivity contribution in [2.45, 2.75) is 64.7 Å². The lowest BCUT2D eigenvalue weighted by atomic mass is 9.90. The minimum atomic E-state index is -0.111. The number of aryl methyl sites for hydroxylation is 1. The van der Waals surface area contributed by atoms with E-state index in [0.717, 1.165) is 94.4 Å². The van der Waals surface area contributed by atoms with Crippen LogP contribution in [0.1, 0.15) is 63.0 Å². The quantitative estimate of drug-likeness (QED) is 0.130. The molecule has 1 aromatic carbocycles. The van der Waals surface area contributed by atoms with E-state index in [0.29, 0.717) is 23.3 Å². The van der Waals surface area contributed by atoms with Crippen LogP contribution in [0.5, 0.6) is 0 Å². The molecule has 204 valence electrons. The highest BCUT2D eigenvalue weighted by atomic mass is 35.5. The Bertz CT molecular complexity index is 931. The van der Waals surface area contributed by atoms with E-state index in [1.165, 1.54) is 11.8 Å². The van der Waals surface area contributed by atoms with Crippen LogP contribution in [0.3, 0.4) is 0 Å². The van der Waals surface area contributed by atoms with Crippen LogP contribution in [0, 0.1) is 17.7 Å². The van der Waals surface area contributed by atoms with Crippen LogP contribution in [0.25, 0.3) is 0 Å². The van der Waals surface area contributed by atoms with Gasteiger partial charge in [0.2, 0.25) is 0 Å². The molecule has 37 heavy (non-hydrogen) atoms. The van der Waals surface area contributed by atoms with Crippen LogP contribution in [-0.2, 0) is 12.8 Å². The minimum absolute atomic E-state index is 0.111. The van der Waals surface area contributed by atoms with Crippen molar-refractivity contribution < 1.29 is 4.39 Å². The van der Waals surface area contributed by atoms with Crippen LogP contribution >= 0.6 is 11.6 Å². The summed E-state index contributed by atoms with van der Waals surface area (Å²) in [7, 11) is 1.99. The van der Waals surface area contributed by atoms with Crippen molar-refractivity contribution in [1.29, 1.82) is 0 Å². The SMILES string of the molecule is C=N/C=C(Cl)\C=N/CCC(CCCCc1ccc(CC(=C)N2CCC(C(=C)C)CC2)c(F)c1)CCNC. The van der Waals surface area contributed by atoms with E-state index in [-0.39, 0.29) is 5.82 Å². The molecule has 0 saturated carbocycles. The Kier molecular flexibility index (Phi) is 14.5. The summed E-state index contributed by atoms with van der Waals surface area (Å²) in [4.78, 5) is 10.4. The number of hydrogen-bond donors (Lipinski definition) is 1. The monoisotopic (exact) mass is 528 g/mol. The molecule has 1 aromatic rings. The third-order valence-electron chi connectivity index (χ3n) is 7.38. The van der Waals surface area contributed by atoms with Crippen molar-refractivity contribution in [3.05, 3.63) is 70.8 Å². The highest BCUT2D eigenvalue weighted by Gasteiger charge is 2.21. The van der Waals surface area contributed by atoms with Gasteiger partial charge in [-0.3, -0.25) is 9.98 Å². The fourth-order valence-electron chi connectivity index (χ4n) is 4.98. The maximum absolute atomic E-state index is 14.9. The van der Waals surface area contributed by atoms with E-state index in [4.69, 9.17) is 11.6 Å². The lowest BCUT2D eigenvalue weighted by Gasteiger charge is -2.35. The summed E-state index contributed by atoms with van der Waals surface area (Å²) in [5, 5.41) is 3.74. The number of aliphatic imine (C=N–C) groups is 2. The number of unbranched alkanes of at least 4 members (excludes halogenated alkanes) is 1. The molecule has 2 rings (SSSR count). The molecular formula is C31H46ClFN4. The number of nitrogens with one attached hydrogen (secondary N) is 1. The predicted molar refractivity (Wildman–Crippen MR) is 159 cm³/mol. The third kappa shape index (κ3) is 11.8. The largest absolute Gasteiger partial charge is 0.375 e. The molecule has 4 nitrogen and oxygen atoms in total. The van der Waals surface area contributed by atoms with Crippen LogP contribution in [-0.4, -0.2) is 51.1 Å². The summed E-state index contributed by atoms with van der Waals surface area (Å²) >= 11 is 5.97. The number of allylic oxidation sites excluding steroid dienone is 3. The summed E-state index contributed by atoms with van der Waals surface area (Å²) in [6, 6.07) is 5.76. The molecule has 0 aromatic heterocycles. The van der Waals surface area contributed by atoms with Crippen LogP contribution in [0.15, 0.2) is 63.8 Å². The summed E-state index contributed by atoms with van der Waals surface area (Å²) in [5.74, 6) is 1.10. The molecule has 1 saturated heterocycles. The maximum atomic E-state index is 14.9. The smallest absolute Gasteiger partial charge is 0.127 e. The van der Waals surface area contributed by atoms with Crippen molar-refractivity contribution in [2.24, 2.45) is 21.8 Å². The van der Waals surface area contributed by atoms with E-state index in [9.17, 15) is 4.39 Å². The van der Waals surface area contributed by atoms with Gasteiger partial charge in [-0.05, 0) is 94.8 Å². The summed E-state index contributed by atoms with van der Waals surface area (Å²) < 4.78 is 14.9. The first-order valence-electron chi connectivity index (χ1n) is 13.6. The number of benzene rings is 1. The molecule has 1 atom stereocenters. The molecule has 0 radical (unpaired) electrons. The van der Waals surface area contributed by atoms with Crippen molar-refractivity contribution >= 4 is 24.5 Å². The van der Waals surface area contributed by atoms with Gasteiger partial charge in [-0.2, -0.15) is 0 Å². The van der Waals surface area contributed by atoms with Gasteiger partial charge >= 0.3 is 0 Å². The van der Waals surface area contributed by atoms with E-state index in [2.05, 4.69) is 53.1 Å². The molecular weight excluding hydrogens is 483 g/mol. The van der Waals surface area contributed by atoms with Crippen molar-refractivity contribution in [2.75, 3.05) is 33.2 Å². The van der Waals surface area contributed by atoms with Crippen LogP contribution in [0.2, 0.25) is 0 Å². The molecule has 6 heteroatoms. The van der Waals surface area contributed by atoms with Gasteiger partial charge < -0.3 is 10.2 Å². The van der Waals surface area contributed by atoms with Crippen molar-refractivity contribution in [3.8, 4) is 0 Å². The van der Waals surface area contributed by atoms with Crippen LogP contribution in [0.4, 0.5) is 4.39 Å². The zero-order valence-electron chi connectivity index (χ0n) is 23.0. The molecule has 1 fully saturated rings.